The second-order valence-corrected chi connectivity index (χ2v) is 3.54. The normalized spacial score (nSPS) is 14.4. The molecule has 0 amide bonds. The molecule has 0 unspecified atom stereocenters. The lowest BCUT2D eigenvalue weighted by Crippen LogP contribution is -2.18. The van der Waals surface area contributed by atoms with E-state index in [0.717, 1.165) is 11.8 Å². The van der Waals surface area contributed by atoms with Crippen molar-refractivity contribution in [2.24, 2.45) is 0 Å². The third-order valence-electron chi connectivity index (χ3n) is 2.57. The second-order valence-electron chi connectivity index (χ2n) is 3.54. The van der Waals surface area contributed by atoms with Crippen LogP contribution in [0.2, 0.25) is 0 Å². The molecule has 2 rings (SSSR count). The van der Waals surface area contributed by atoms with Crippen LogP contribution in [0.3, 0.4) is 0 Å². The molecule has 0 heterocycles. The number of benzene rings is 1. The average molecular weight is 214 g/mol. The zero-order valence-electron chi connectivity index (χ0n) is 8.56. The lowest BCUT2D eigenvalue weighted by atomic mass is 10.3. The van der Waals surface area contributed by atoms with Gasteiger partial charge in [0.2, 0.25) is 0 Å². The number of halogens is 1. The molecule has 0 aromatic heterocycles. The zero-order valence-corrected chi connectivity index (χ0v) is 9.38. The Balaban J connectivity index is 0.000000980. The largest absolute Gasteiger partial charge is 0.497 e. The summed E-state index contributed by atoms with van der Waals surface area (Å²) in [4.78, 5) is 2.33. The van der Waals surface area contributed by atoms with E-state index in [9.17, 15) is 0 Å². The van der Waals surface area contributed by atoms with E-state index >= 15 is 0 Å². The van der Waals surface area contributed by atoms with E-state index in [2.05, 4.69) is 24.1 Å². The van der Waals surface area contributed by atoms with Crippen LogP contribution in [0.15, 0.2) is 24.3 Å². The molecule has 0 radical (unpaired) electrons. The molecule has 2 nitrogen and oxygen atoms in total. The van der Waals surface area contributed by atoms with Crippen molar-refractivity contribution < 1.29 is 4.74 Å². The molecule has 1 saturated carbocycles. The molecule has 1 aromatic rings. The molecule has 1 aromatic carbocycles. The van der Waals surface area contributed by atoms with Gasteiger partial charge in [0, 0.05) is 18.8 Å². The minimum absolute atomic E-state index is 0. The summed E-state index contributed by atoms with van der Waals surface area (Å²) in [6.07, 6.45) is 2.67. The summed E-state index contributed by atoms with van der Waals surface area (Å²) in [6, 6.07) is 9.00. The molecule has 3 heteroatoms. The van der Waals surface area contributed by atoms with Gasteiger partial charge in [0.1, 0.15) is 5.75 Å². The fourth-order valence-corrected chi connectivity index (χ4v) is 1.49. The lowest BCUT2D eigenvalue weighted by molar-refractivity contribution is 0.415. The summed E-state index contributed by atoms with van der Waals surface area (Å²) < 4.78 is 5.11. The van der Waals surface area contributed by atoms with Crippen LogP contribution in [0, 0.1) is 0 Å². The van der Waals surface area contributed by atoms with Gasteiger partial charge in [0.25, 0.3) is 0 Å². The van der Waals surface area contributed by atoms with Crippen molar-refractivity contribution in [2.75, 3.05) is 19.1 Å². The molecule has 0 atom stereocenters. The van der Waals surface area contributed by atoms with E-state index in [1.54, 1.807) is 7.11 Å². The summed E-state index contributed by atoms with van der Waals surface area (Å²) >= 11 is 0. The number of hydrogen-bond acceptors (Lipinski definition) is 2. The van der Waals surface area contributed by atoms with Crippen LogP contribution in [0.4, 0.5) is 5.69 Å². The average Bonchev–Trinajstić information content (AvgIpc) is 3.00. The van der Waals surface area contributed by atoms with Crippen molar-refractivity contribution in [3.8, 4) is 5.75 Å². The van der Waals surface area contributed by atoms with Crippen LogP contribution in [0.5, 0.6) is 5.75 Å². The van der Waals surface area contributed by atoms with Gasteiger partial charge in [-0.1, -0.05) is 0 Å². The summed E-state index contributed by atoms with van der Waals surface area (Å²) in [5, 5.41) is 0. The first-order valence-electron chi connectivity index (χ1n) is 4.68. The first-order valence-corrected chi connectivity index (χ1v) is 4.68. The molecule has 0 spiro atoms. The first-order chi connectivity index (χ1) is 6.31. The summed E-state index contributed by atoms with van der Waals surface area (Å²) in [5.74, 6) is 0.924. The predicted molar refractivity (Wildman–Crippen MR) is 61.7 cm³/mol. The molecule has 1 aliphatic rings. The Labute approximate surface area is 91.3 Å². The van der Waals surface area contributed by atoms with Gasteiger partial charge in [-0.25, -0.2) is 0 Å². The van der Waals surface area contributed by atoms with Crippen LogP contribution < -0.4 is 9.64 Å². The van der Waals surface area contributed by atoms with E-state index < -0.39 is 0 Å². The SMILES string of the molecule is COc1ccc(N(C)C2CC2)cc1.Cl. The highest BCUT2D eigenvalue weighted by molar-refractivity contribution is 5.85. The quantitative estimate of drug-likeness (QED) is 0.766. The minimum Gasteiger partial charge on any atom is -0.497 e. The van der Waals surface area contributed by atoms with Crippen LogP contribution in [-0.2, 0) is 0 Å². The number of hydrogen-bond donors (Lipinski definition) is 0. The molecule has 0 bridgehead atoms. The summed E-state index contributed by atoms with van der Waals surface area (Å²) in [7, 11) is 3.85. The van der Waals surface area contributed by atoms with Crippen molar-refractivity contribution in [1.29, 1.82) is 0 Å². The maximum atomic E-state index is 5.11. The van der Waals surface area contributed by atoms with Gasteiger partial charge in [-0.2, -0.15) is 0 Å². The molecule has 1 fully saturated rings. The maximum Gasteiger partial charge on any atom is 0.119 e. The summed E-state index contributed by atoms with van der Waals surface area (Å²) in [6.45, 7) is 0. The van der Waals surface area contributed by atoms with Gasteiger partial charge in [0.15, 0.2) is 0 Å². The maximum absolute atomic E-state index is 5.11. The van der Waals surface area contributed by atoms with Crippen molar-refractivity contribution >= 4 is 18.1 Å². The molecule has 0 aliphatic heterocycles. The van der Waals surface area contributed by atoms with Gasteiger partial charge in [0.05, 0.1) is 7.11 Å². The molecule has 0 N–H and O–H groups in total. The molecular weight excluding hydrogens is 198 g/mol. The van der Waals surface area contributed by atoms with Gasteiger partial charge >= 0.3 is 0 Å². The standard InChI is InChI=1S/C11H15NO.ClH/c1-12(9-3-4-9)10-5-7-11(13-2)8-6-10;/h5-9H,3-4H2,1-2H3;1H. The minimum atomic E-state index is 0. The van der Waals surface area contributed by atoms with Crippen LogP contribution in [-0.4, -0.2) is 20.2 Å². The Bertz CT molecular complexity index is 282. The third-order valence-corrected chi connectivity index (χ3v) is 2.57. The predicted octanol–water partition coefficient (Wildman–Crippen LogP) is 2.72. The van der Waals surface area contributed by atoms with Gasteiger partial charge in [-0.15, -0.1) is 12.4 Å². The Morgan fingerprint density at radius 3 is 2.21 bits per heavy atom. The monoisotopic (exact) mass is 213 g/mol. The molecule has 78 valence electrons. The van der Waals surface area contributed by atoms with Gasteiger partial charge in [-0.3, -0.25) is 0 Å². The molecule has 14 heavy (non-hydrogen) atoms. The van der Waals surface area contributed by atoms with Crippen LogP contribution in [0.1, 0.15) is 12.8 Å². The second kappa shape index (κ2) is 4.56. The Morgan fingerprint density at radius 1 is 1.21 bits per heavy atom. The fraction of sp³-hybridized carbons (Fsp3) is 0.455. The van der Waals surface area contributed by atoms with Gasteiger partial charge < -0.3 is 9.64 Å². The van der Waals surface area contributed by atoms with Crippen molar-refractivity contribution in [1.82, 2.24) is 0 Å². The highest BCUT2D eigenvalue weighted by atomic mass is 35.5. The number of ether oxygens (including phenoxy) is 1. The van der Waals surface area contributed by atoms with Crippen LogP contribution >= 0.6 is 12.4 Å². The first kappa shape index (κ1) is 11.2. The number of anilines is 1. The summed E-state index contributed by atoms with van der Waals surface area (Å²) in [5.41, 5.74) is 1.28. The van der Waals surface area contributed by atoms with E-state index in [-0.39, 0.29) is 12.4 Å². The zero-order chi connectivity index (χ0) is 9.26. The number of methoxy groups -OCH3 is 1. The molecule has 1 aliphatic carbocycles. The highest BCUT2D eigenvalue weighted by Crippen LogP contribution is 2.30. The highest BCUT2D eigenvalue weighted by Gasteiger charge is 2.26. The Kier molecular flexibility index (Phi) is 3.64. The van der Waals surface area contributed by atoms with E-state index in [1.165, 1.54) is 18.5 Å². The van der Waals surface area contributed by atoms with Crippen molar-refractivity contribution in [3.63, 3.8) is 0 Å². The van der Waals surface area contributed by atoms with E-state index in [4.69, 9.17) is 4.74 Å². The topological polar surface area (TPSA) is 12.5 Å². The van der Waals surface area contributed by atoms with Gasteiger partial charge in [-0.05, 0) is 37.1 Å². The third kappa shape index (κ3) is 2.32. The fourth-order valence-electron chi connectivity index (χ4n) is 1.49. The van der Waals surface area contributed by atoms with E-state index in [0.29, 0.717) is 0 Å². The molecular formula is C11H16ClNO. The number of rotatable bonds is 3. The Morgan fingerprint density at radius 2 is 1.79 bits per heavy atom. The van der Waals surface area contributed by atoms with Crippen LogP contribution in [0.25, 0.3) is 0 Å². The van der Waals surface area contributed by atoms with Crippen molar-refractivity contribution in [2.45, 2.75) is 18.9 Å². The lowest BCUT2D eigenvalue weighted by Gasteiger charge is -2.18. The molecule has 0 saturated heterocycles. The Hall–Kier alpha value is -0.890. The number of nitrogens with zero attached hydrogens (tertiary/aromatic N) is 1. The smallest absolute Gasteiger partial charge is 0.119 e. The van der Waals surface area contributed by atoms with Crippen molar-refractivity contribution in [3.05, 3.63) is 24.3 Å². The van der Waals surface area contributed by atoms with E-state index in [1.807, 2.05) is 12.1 Å².